The number of amides is 1. The van der Waals surface area contributed by atoms with E-state index in [1.165, 1.54) is 10.6 Å². The third-order valence-corrected chi connectivity index (χ3v) is 5.67. The van der Waals surface area contributed by atoms with Gasteiger partial charge in [0.05, 0.1) is 24.0 Å². The second-order valence-electron chi connectivity index (χ2n) is 8.58. The molecule has 0 aliphatic heterocycles. The van der Waals surface area contributed by atoms with Crippen molar-refractivity contribution in [2.24, 2.45) is 0 Å². The number of hydrogen-bond acceptors (Lipinski definition) is 6. The number of rotatable bonds is 5. The van der Waals surface area contributed by atoms with Gasteiger partial charge in [-0.2, -0.15) is 13.2 Å². The molecule has 0 saturated carbocycles. The molecule has 9 nitrogen and oxygen atoms in total. The van der Waals surface area contributed by atoms with Gasteiger partial charge < -0.3 is 16.0 Å². The van der Waals surface area contributed by atoms with E-state index in [9.17, 15) is 22.4 Å². The number of pyridine rings is 1. The molecule has 0 spiro atoms. The van der Waals surface area contributed by atoms with Crippen LogP contribution >= 0.6 is 0 Å². The fourth-order valence-corrected chi connectivity index (χ4v) is 4.00. The Morgan fingerprint density at radius 3 is 2.62 bits per heavy atom. The number of carbonyl (C=O) groups is 1. The molecule has 1 aromatic carbocycles. The zero-order valence-corrected chi connectivity index (χ0v) is 19.6. The van der Waals surface area contributed by atoms with E-state index in [0.29, 0.717) is 53.0 Å². The zero-order chi connectivity index (χ0) is 26.5. The number of imidazole rings is 2. The number of hydrogen-bond donors (Lipinski definition) is 2. The summed E-state index contributed by atoms with van der Waals surface area (Å²) in [4.78, 5) is 28.0. The number of anilines is 2. The van der Waals surface area contributed by atoms with Crippen LogP contribution in [0.5, 0.6) is 0 Å². The topological polar surface area (TPSA) is 106 Å². The lowest BCUT2D eigenvalue weighted by Crippen LogP contribution is -2.16. The third-order valence-electron chi connectivity index (χ3n) is 5.67. The Labute approximate surface area is 207 Å². The number of benzene rings is 1. The molecule has 4 heterocycles. The number of alkyl halides is 3. The molecule has 0 fully saturated rings. The SMILES string of the molecule is CN(C)Cc1nc(-c2ccn3c(C(=O)Nc4cc(C(F)(F)F)ccc4F)cnc3c2)c2c(N)nccn12. The van der Waals surface area contributed by atoms with Crippen LogP contribution in [0.15, 0.2) is 55.1 Å². The molecular weight excluding hydrogens is 492 g/mol. The van der Waals surface area contributed by atoms with Crippen molar-refractivity contribution in [2.45, 2.75) is 12.7 Å². The van der Waals surface area contributed by atoms with Crippen LogP contribution < -0.4 is 11.1 Å². The Kier molecular flexibility index (Phi) is 5.79. The lowest BCUT2D eigenvalue weighted by molar-refractivity contribution is -0.137. The number of nitrogens with zero attached hydrogens (tertiary/aromatic N) is 6. The van der Waals surface area contributed by atoms with E-state index in [2.05, 4.69) is 15.3 Å². The molecule has 5 aromatic rings. The maximum atomic E-state index is 14.1. The van der Waals surface area contributed by atoms with E-state index in [4.69, 9.17) is 10.7 Å². The van der Waals surface area contributed by atoms with Crippen LogP contribution in [0.3, 0.4) is 0 Å². The van der Waals surface area contributed by atoms with Crippen molar-refractivity contribution in [2.75, 3.05) is 25.1 Å². The highest BCUT2D eigenvalue weighted by atomic mass is 19.4. The summed E-state index contributed by atoms with van der Waals surface area (Å²) >= 11 is 0. The number of nitrogens with one attached hydrogen (secondary N) is 1. The van der Waals surface area contributed by atoms with E-state index in [1.807, 2.05) is 23.4 Å². The minimum absolute atomic E-state index is 0.00235. The molecule has 190 valence electrons. The van der Waals surface area contributed by atoms with E-state index < -0.39 is 29.2 Å². The Morgan fingerprint density at radius 1 is 1.11 bits per heavy atom. The van der Waals surface area contributed by atoms with Gasteiger partial charge in [0, 0.05) is 24.2 Å². The molecule has 13 heteroatoms. The fourth-order valence-electron chi connectivity index (χ4n) is 4.00. The van der Waals surface area contributed by atoms with Crippen LogP contribution in [-0.2, 0) is 12.7 Å². The van der Waals surface area contributed by atoms with Gasteiger partial charge in [-0.3, -0.25) is 13.6 Å². The van der Waals surface area contributed by atoms with Gasteiger partial charge in [0.15, 0.2) is 0 Å². The van der Waals surface area contributed by atoms with Gasteiger partial charge in [-0.05, 0) is 44.4 Å². The number of carbonyl (C=O) groups excluding carboxylic acids is 1. The Balaban J connectivity index is 1.51. The van der Waals surface area contributed by atoms with Crippen molar-refractivity contribution < 1.29 is 22.4 Å². The van der Waals surface area contributed by atoms with Crippen molar-refractivity contribution >= 4 is 28.6 Å². The third kappa shape index (κ3) is 4.44. The van der Waals surface area contributed by atoms with E-state index >= 15 is 0 Å². The largest absolute Gasteiger partial charge is 0.416 e. The average molecular weight is 512 g/mol. The number of aromatic nitrogens is 5. The first kappa shape index (κ1) is 24.2. The molecular formula is C24H20F4N8O. The molecule has 5 rings (SSSR count). The van der Waals surface area contributed by atoms with Crippen LogP contribution in [0.2, 0.25) is 0 Å². The summed E-state index contributed by atoms with van der Waals surface area (Å²) < 4.78 is 56.5. The van der Waals surface area contributed by atoms with Crippen LogP contribution in [0.4, 0.5) is 29.1 Å². The van der Waals surface area contributed by atoms with Crippen LogP contribution in [0, 0.1) is 5.82 Å². The Bertz CT molecular complexity index is 1650. The fraction of sp³-hybridized carbons (Fsp3) is 0.167. The van der Waals surface area contributed by atoms with Crippen molar-refractivity contribution in [1.29, 1.82) is 0 Å². The maximum Gasteiger partial charge on any atom is 0.416 e. The highest BCUT2D eigenvalue weighted by Gasteiger charge is 2.31. The van der Waals surface area contributed by atoms with Crippen molar-refractivity contribution in [3.8, 4) is 11.3 Å². The summed E-state index contributed by atoms with van der Waals surface area (Å²) in [5, 5.41) is 2.20. The summed E-state index contributed by atoms with van der Waals surface area (Å²) in [6.07, 6.45) is 1.49. The lowest BCUT2D eigenvalue weighted by atomic mass is 10.1. The van der Waals surface area contributed by atoms with Crippen molar-refractivity contribution in [3.63, 3.8) is 0 Å². The van der Waals surface area contributed by atoms with E-state index in [1.54, 1.807) is 30.7 Å². The molecule has 0 atom stereocenters. The highest BCUT2D eigenvalue weighted by molar-refractivity contribution is 6.03. The van der Waals surface area contributed by atoms with E-state index in [0.717, 1.165) is 5.82 Å². The van der Waals surface area contributed by atoms with Crippen LogP contribution in [0.1, 0.15) is 21.9 Å². The summed E-state index contributed by atoms with van der Waals surface area (Å²) in [7, 11) is 3.83. The van der Waals surface area contributed by atoms with Gasteiger partial charge in [0.25, 0.3) is 5.91 Å². The molecule has 3 N–H and O–H groups in total. The molecule has 1 amide bonds. The number of nitrogens with two attached hydrogens (primary N) is 1. The van der Waals surface area contributed by atoms with Crippen LogP contribution in [-0.4, -0.2) is 48.7 Å². The highest BCUT2D eigenvalue weighted by Crippen LogP contribution is 2.32. The normalized spacial score (nSPS) is 12.1. The minimum atomic E-state index is -4.69. The standard InChI is InChI=1S/C24H20F4N8O/c1-34(2)12-19-33-20(21-22(29)30-6-8-36(19)21)13-5-7-35-17(11-31-18(35)9-13)23(37)32-16-10-14(24(26,27)28)3-4-15(16)25/h3-11H,12H2,1-2H3,(H2,29,30)(H,32,37). The monoisotopic (exact) mass is 512 g/mol. The van der Waals surface area contributed by atoms with Gasteiger partial charge in [-0.1, -0.05) is 0 Å². The number of halogens is 4. The quantitative estimate of drug-likeness (QED) is 0.344. The van der Waals surface area contributed by atoms with Gasteiger partial charge in [0.2, 0.25) is 0 Å². The van der Waals surface area contributed by atoms with Crippen LogP contribution in [0.25, 0.3) is 22.4 Å². The van der Waals surface area contributed by atoms with Crippen molar-refractivity contribution in [1.82, 2.24) is 28.7 Å². The summed E-state index contributed by atoms with van der Waals surface area (Å²) in [6, 6.07) is 5.19. The molecule has 4 aromatic heterocycles. The molecule has 0 radical (unpaired) electrons. The molecule has 37 heavy (non-hydrogen) atoms. The number of fused-ring (bicyclic) bond motifs is 2. The smallest absolute Gasteiger partial charge is 0.382 e. The van der Waals surface area contributed by atoms with Gasteiger partial charge in [0.1, 0.15) is 40.0 Å². The Morgan fingerprint density at radius 2 is 1.89 bits per heavy atom. The lowest BCUT2D eigenvalue weighted by Gasteiger charge is -2.11. The first-order chi connectivity index (χ1) is 17.5. The summed E-state index contributed by atoms with van der Waals surface area (Å²) in [6.45, 7) is 0.548. The molecule has 0 saturated heterocycles. The van der Waals surface area contributed by atoms with Gasteiger partial charge in [-0.15, -0.1) is 0 Å². The molecule has 0 bridgehead atoms. The summed E-state index contributed by atoms with van der Waals surface area (Å²) in [5.41, 5.74) is 6.71. The van der Waals surface area contributed by atoms with E-state index in [-0.39, 0.29) is 5.69 Å². The first-order valence-corrected chi connectivity index (χ1v) is 10.9. The average Bonchev–Trinajstić information content (AvgIpc) is 3.41. The van der Waals surface area contributed by atoms with Gasteiger partial charge >= 0.3 is 6.18 Å². The predicted molar refractivity (Wildman–Crippen MR) is 128 cm³/mol. The Hall–Kier alpha value is -4.52. The molecule has 0 unspecified atom stereocenters. The minimum Gasteiger partial charge on any atom is -0.382 e. The zero-order valence-electron chi connectivity index (χ0n) is 19.6. The predicted octanol–water partition coefficient (Wildman–Crippen LogP) is 4.10. The second kappa shape index (κ2) is 8.85. The first-order valence-electron chi connectivity index (χ1n) is 10.9. The second-order valence-corrected chi connectivity index (χ2v) is 8.58. The molecule has 0 aliphatic carbocycles. The molecule has 0 aliphatic rings. The van der Waals surface area contributed by atoms with Gasteiger partial charge in [-0.25, -0.2) is 19.3 Å². The maximum absolute atomic E-state index is 14.1. The number of nitrogen functional groups attached to an aromatic ring is 1. The summed E-state index contributed by atoms with van der Waals surface area (Å²) in [5.74, 6) is -0.784. The van der Waals surface area contributed by atoms with Crippen molar-refractivity contribution in [3.05, 3.63) is 78.0 Å².